The van der Waals surface area contributed by atoms with Gasteiger partial charge in [0.1, 0.15) is 11.9 Å². The first-order chi connectivity index (χ1) is 8.85. The average Bonchev–Trinajstić information content (AvgIpc) is 2.30. The lowest BCUT2D eigenvalue weighted by Gasteiger charge is -2.34. The number of rotatable bonds is 2. The maximum Gasteiger partial charge on any atom is 0.248 e. The lowest BCUT2D eigenvalue weighted by Crippen LogP contribution is -2.43. The van der Waals surface area contributed by atoms with Crippen LogP contribution in [0.1, 0.15) is 12.5 Å². The van der Waals surface area contributed by atoms with Crippen molar-refractivity contribution >= 4 is 31.6 Å². The zero-order valence-corrected chi connectivity index (χ0v) is 13.0. The van der Waals surface area contributed by atoms with Gasteiger partial charge in [-0.1, -0.05) is 15.9 Å². The van der Waals surface area contributed by atoms with Crippen LogP contribution in [0.15, 0.2) is 16.6 Å². The molecule has 1 atom stereocenters. The third kappa shape index (κ3) is 2.69. The summed E-state index contributed by atoms with van der Waals surface area (Å²) in [5.74, 6) is -0.00838. The third-order valence-electron chi connectivity index (χ3n) is 2.84. The Morgan fingerprint density at radius 3 is 2.89 bits per heavy atom. The SMILES string of the molecule is Cc1cc2c(cc1Br)N(S(=O)(=O)CC#N)C[C@H](C)O2. The lowest BCUT2D eigenvalue weighted by atomic mass is 10.2. The molecule has 1 heterocycles. The second-order valence-electron chi connectivity index (χ2n) is 4.44. The van der Waals surface area contributed by atoms with Gasteiger partial charge in [-0.15, -0.1) is 0 Å². The Balaban J connectivity index is 2.56. The fourth-order valence-electron chi connectivity index (χ4n) is 1.94. The number of hydrogen-bond donors (Lipinski definition) is 0. The minimum Gasteiger partial charge on any atom is -0.487 e. The van der Waals surface area contributed by atoms with Gasteiger partial charge in [-0.2, -0.15) is 5.26 Å². The maximum atomic E-state index is 12.1. The predicted octanol–water partition coefficient (Wildman–Crippen LogP) is 2.20. The van der Waals surface area contributed by atoms with Crippen LogP contribution in [0.5, 0.6) is 5.75 Å². The summed E-state index contributed by atoms with van der Waals surface area (Å²) >= 11 is 3.38. The van der Waals surface area contributed by atoms with Crippen molar-refractivity contribution in [2.45, 2.75) is 20.0 Å². The summed E-state index contributed by atoms with van der Waals surface area (Å²) in [6.07, 6.45) is -0.249. The summed E-state index contributed by atoms with van der Waals surface area (Å²) in [4.78, 5) is 0. The van der Waals surface area contributed by atoms with Gasteiger partial charge < -0.3 is 4.74 Å². The molecule has 0 unspecified atom stereocenters. The molecule has 0 saturated heterocycles. The highest BCUT2D eigenvalue weighted by atomic mass is 79.9. The largest absolute Gasteiger partial charge is 0.487 e. The number of fused-ring (bicyclic) bond motifs is 1. The summed E-state index contributed by atoms with van der Waals surface area (Å²) < 4.78 is 32.0. The van der Waals surface area contributed by atoms with Crippen LogP contribution in [-0.2, 0) is 10.0 Å². The number of halogens is 1. The number of sulfonamides is 1. The van der Waals surface area contributed by atoms with Crippen LogP contribution < -0.4 is 9.04 Å². The molecule has 0 fully saturated rings. The minimum atomic E-state index is -3.64. The van der Waals surface area contributed by atoms with Gasteiger partial charge in [0.15, 0.2) is 5.75 Å². The molecule has 5 nitrogen and oxygen atoms in total. The molecule has 1 aliphatic rings. The lowest BCUT2D eigenvalue weighted by molar-refractivity contribution is 0.219. The highest BCUT2D eigenvalue weighted by molar-refractivity contribution is 9.10. The normalized spacial score (nSPS) is 18.4. The molecular formula is C12H13BrN2O3S. The number of anilines is 1. The van der Waals surface area contributed by atoms with Crippen molar-refractivity contribution in [1.29, 1.82) is 5.26 Å². The highest BCUT2D eigenvalue weighted by Crippen LogP contribution is 2.39. The van der Waals surface area contributed by atoms with Crippen LogP contribution in [-0.4, -0.2) is 26.8 Å². The highest BCUT2D eigenvalue weighted by Gasteiger charge is 2.32. The van der Waals surface area contributed by atoms with E-state index in [9.17, 15) is 8.42 Å². The quantitative estimate of drug-likeness (QED) is 0.824. The molecule has 1 aromatic carbocycles. The van der Waals surface area contributed by atoms with Crippen molar-refractivity contribution < 1.29 is 13.2 Å². The van der Waals surface area contributed by atoms with E-state index in [4.69, 9.17) is 10.00 Å². The summed E-state index contributed by atoms with van der Waals surface area (Å²) in [5, 5.41) is 8.65. The molecule has 0 bridgehead atoms. The van der Waals surface area contributed by atoms with E-state index in [-0.39, 0.29) is 12.6 Å². The molecule has 0 aliphatic carbocycles. The van der Waals surface area contributed by atoms with E-state index in [1.165, 1.54) is 4.31 Å². The second-order valence-corrected chi connectivity index (χ2v) is 7.19. The molecule has 0 N–H and O–H groups in total. The van der Waals surface area contributed by atoms with Crippen molar-refractivity contribution in [2.75, 3.05) is 16.6 Å². The molecule has 1 aliphatic heterocycles. The van der Waals surface area contributed by atoms with Crippen LogP contribution >= 0.6 is 15.9 Å². The van der Waals surface area contributed by atoms with Crippen LogP contribution in [0.3, 0.4) is 0 Å². The smallest absolute Gasteiger partial charge is 0.248 e. The van der Waals surface area contributed by atoms with Crippen molar-refractivity contribution in [3.8, 4) is 11.8 Å². The van der Waals surface area contributed by atoms with Gasteiger partial charge in [0.2, 0.25) is 10.0 Å². The Hall–Kier alpha value is -1.26. The van der Waals surface area contributed by atoms with Crippen LogP contribution in [0.4, 0.5) is 5.69 Å². The maximum absolute atomic E-state index is 12.1. The molecule has 0 amide bonds. The fourth-order valence-corrected chi connectivity index (χ4v) is 3.47. The van der Waals surface area contributed by atoms with Gasteiger partial charge >= 0.3 is 0 Å². The molecule has 0 saturated carbocycles. The van der Waals surface area contributed by atoms with Crippen molar-refractivity contribution in [1.82, 2.24) is 0 Å². The predicted molar refractivity (Wildman–Crippen MR) is 75.7 cm³/mol. The average molecular weight is 345 g/mol. The first-order valence-electron chi connectivity index (χ1n) is 5.69. The Morgan fingerprint density at radius 1 is 1.58 bits per heavy atom. The molecule has 7 heteroatoms. The van der Waals surface area contributed by atoms with Gasteiger partial charge in [-0.05, 0) is 31.5 Å². The number of nitrogens with zero attached hydrogens (tertiary/aromatic N) is 2. The van der Waals surface area contributed by atoms with Crippen molar-refractivity contribution in [2.24, 2.45) is 0 Å². The molecule has 102 valence electrons. The van der Waals surface area contributed by atoms with Gasteiger partial charge in [0.05, 0.1) is 18.3 Å². The van der Waals surface area contributed by atoms with Crippen molar-refractivity contribution in [3.05, 3.63) is 22.2 Å². The van der Waals surface area contributed by atoms with Crippen LogP contribution in [0.2, 0.25) is 0 Å². The monoisotopic (exact) mass is 344 g/mol. The van der Waals surface area contributed by atoms with E-state index in [1.807, 2.05) is 6.92 Å². The van der Waals surface area contributed by atoms with Gasteiger partial charge in [-0.3, -0.25) is 4.31 Å². The summed E-state index contributed by atoms with van der Waals surface area (Å²) in [5.41, 5.74) is 1.44. The van der Waals surface area contributed by atoms with E-state index in [1.54, 1.807) is 25.1 Å². The second kappa shape index (κ2) is 5.02. The zero-order valence-electron chi connectivity index (χ0n) is 10.6. The van der Waals surface area contributed by atoms with E-state index >= 15 is 0 Å². The Kier molecular flexibility index (Phi) is 3.74. The van der Waals surface area contributed by atoms with Crippen LogP contribution in [0.25, 0.3) is 0 Å². The Labute approximate surface area is 121 Å². The van der Waals surface area contributed by atoms with Crippen LogP contribution in [0, 0.1) is 18.3 Å². The number of benzene rings is 1. The topological polar surface area (TPSA) is 70.4 Å². The number of aryl methyl sites for hydroxylation is 1. The number of ether oxygens (including phenoxy) is 1. The Morgan fingerprint density at radius 2 is 2.26 bits per heavy atom. The first kappa shape index (κ1) is 14.2. The molecule has 19 heavy (non-hydrogen) atoms. The molecule has 1 aromatic rings. The van der Waals surface area contributed by atoms with E-state index in [2.05, 4.69) is 15.9 Å². The Bertz CT molecular complexity index is 652. The third-order valence-corrected chi connectivity index (χ3v) is 5.21. The zero-order chi connectivity index (χ0) is 14.2. The summed E-state index contributed by atoms with van der Waals surface area (Å²) in [6, 6.07) is 5.20. The van der Waals surface area contributed by atoms with Crippen molar-refractivity contribution in [3.63, 3.8) is 0 Å². The number of hydrogen-bond acceptors (Lipinski definition) is 4. The molecule has 0 spiro atoms. The van der Waals surface area contributed by atoms with Gasteiger partial charge in [-0.25, -0.2) is 8.42 Å². The van der Waals surface area contributed by atoms with Gasteiger partial charge in [0, 0.05) is 4.47 Å². The first-order valence-corrected chi connectivity index (χ1v) is 8.09. The molecule has 0 aromatic heterocycles. The van der Waals surface area contributed by atoms with E-state index in [0.29, 0.717) is 11.4 Å². The standard InChI is InChI=1S/C12H13BrN2O3S/c1-8-5-12-11(6-10(8)13)15(7-9(2)18-12)19(16,17)4-3-14/h5-6,9H,4,7H2,1-2H3/t9-/m0/s1. The fraction of sp³-hybridized carbons (Fsp3) is 0.417. The number of nitriles is 1. The van der Waals surface area contributed by atoms with E-state index in [0.717, 1.165) is 10.0 Å². The summed E-state index contributed by atoms with van der Waals surface area (Å²) in [6.45, 7) is 3.92. The molecule has 0 radical (unpaired) electrons. The van der Waals surface area contributed by atoms with Gasteiger partial charge in [0.25, 0.3) is 0 Å². The van der Waals surface area contributed by atoms with E-state index < -0.39 is 15.8 Å². The molecular weight excluding hydrogens is 332 g/mol. The molecule has 2 rings (SSSR count). The summed E-state index contributed by atoms with van der Waals surface area (Å²) in [7, 11) is -3.64. The minimum absolute atomic E-state index is 0.215.